The molecular weight excluding hydrogens is 412 g/mol. The third-order valence-corrected chi connectivity index (χ3v) is 7.90. The SMILES string of the molecule is COc1cc(C)c2[nH]ccc2c1CN1CC2(CCC2)C1c1ccc(C(=O)O)c(C(C)(C)C)c1. The molecule has 33 heavy (non-hydrogen) atoms. The number of nitrogens with one attached hydrogen (secondary N) is 1. The standard InChI is InChI=1S/C28H34N2O3/c1-17-13-23(33-5)21(19-9-12-29-24(17)19)15-30-16-28(10-6-11-28)25(30)18-7-8-20(26(31)32)22(14-18)27(2,3)4/h7-9,12-14,25,29H,6,10-11,15-16H2,1-5H3,(H,31,32). The summed E-state index contributed by atoms with van der Waals surface area (Å²) in [6.07, 6.45) is 5.76. The van der Waals surface area contributed by atoms with Crippen LogP contribution in [0.3, 0.4) is 0 Å². The average molecular weight is 447 g/mol. The van der Waals surface area contributed by atoms with Crippen LogP contribution < -0.4 is 4.74 Å². The Bertz CT molecular complexity index is 1230. The van der Waals surface area contributed by atoms with E-state index in [0.717, 1.165) is 24.4 Å². The fourth-order valence-corrected chi connectivity index (χ4v) is 6.15. The van der Waals surface area contributed by atoms with E-state index in [1.165, 1.54) is 46.9 Å². The third-order valence-electron chi connectivity index (χ3n) is 7.90. The van der Waals surface area contributed by atoms with Crippen LogP contribution in [-0.2, 0) is 12.0 Å². The van der Waals surface area contributed by atoms with Gasteiger partial charge in [0.15, 0.2) is 0 Å². The molecule has 1 saturated carbocycles. The molecule has 1 aliphatic heterocycles. The number of H-pyrrole nitrogens is 1. The van der Waals surface area contributed by atoms with Gasteiger partial charge in [0, 0.05) is 47.2 Å². The summed E-state index contributed by atoms with van der Waals surface area (Å²) in [4.78, 5) is 17.8. The first kappa shape index (κ1) is 22.0. The smallest absolute Gasteiger partial charge is 0.335 e. The van der Waals surface area contributed by atoms with Crippen LogP contribution in [0.15, 0.2) is 36.5 Å². The first-order valence-electron chi connectivity index (χ1n) is 11.9. The first-order chi connectivity index (χ1) is 15.6. The molecule has 1 aromatic heterocycles. The van der Waals surface area contributed by atoms with Crippen LogP contribution in [0.1, 0.15) is 78.7 Å². The third kappa shape index (κ3) is 3.45. The van der Waals surface area contributed by atoms with E-state index >= 15 is 0 Å². The summed E-state index contributed by atoms with van der Waals surface area (Å²) in [5.41, 5.74) is 6.22. The van der Waals surface area contributed by atoms with Crippen LogP contribution in [0, 0.1) is 12.3 Å². The minimum atomic E-state index is -0.852. The van der Waals surface area contributed by atoms with Gasteiger partial charge in [0.1, 0.15) is 5.75 Å². The van der Waals surface area contributed by atoms with E-state index in [0.29, 0.717) is 17.0 Å². The molecule has 2 heterocycles. The summed E-state index contributed by atoms with van der Waals surface area (Å²) < 4.78 is 5.81. The predicted octanol–water partition coefficient (Wildman–Crippen LogP) is 6.21. The molecule has 2 fully saturated rings. The second kappa shape index (κ2) is 7.63. The predicted molar refractivity (Wildman–Crippen MR) is 131 cm³/mol. The summed E-state index contributed by atoms with van der Waals surface area (Å²) in [5, 5.41) is 11.0. The molecule has 2 N–H and O–H groups in total. The zero-order chi connectivity index (χ0) is 23.5. The van der Waals surface area contributed by atoms with Crippen molar-refractivity contribution in [1.82, 2.24) is 9.88 Å². The monoisotopic (exact) mass is 446 g/mol. The molecule has 2 aromatic carbocycles. The summed E-state index contributed by atoms with van der Waals surface area (Å²) >= 11 is 0. The van der Waals surface area contributed by atoms with Crippen LogP contribution in [0.4, 0.5) is 0 Å². The molecule has 174 valence electrons. The molecule has 5 nitrogen and oxygen atoms in total. The van der Waals surface area contributed by atoms with Crippen molar-refractivity contribution in [2.45, 2.75) is 65.0 Å². The molecule has 0 bridgehead atoms. The number of hydrogen-bond donors (Lipinski definition) is 2. The highest BCUT2D eigenvalue weighted by Gasteiger charge is 2.56. The number of ether oxygens (including phenoxy) is 1. The van der Waals surface area contributed by atoms with E-state index in [2.05, 4.69) is 55.8 Å². The fourth-order valence-electron chi connectivity index (χ4n) is 6.15. The number of aromatic carboxylic acids is 1. The van der Waals surface area contributed by atoms with Crippen LogP contribution in [0.25, 0.3) is 10.9 Å². The summed E-state index contributed by atoms with van der Waals surface area (Å²) in [5.74, 6) is 0.0825. The lowest BCUT2D eigenvalue weighted by molar-refractivity contribution is -0.134. The summed E-state index contributed by atoms with van der Waals surface area (Å²) in [6, 6.07) is 10.6. The zero-order valence-electron chi connectivity index (χ0n) is 20.3. The van der Waals surface area contributed by atoms with E-state index in [1.807, 2.05) is 18.3 Å². The molecular formula is C28H34N2O3. The number of methoxy groups -OCH3 is 1. The topological polar surface area (TPSA) is 65.6 Å². The Morgan fingerprint density at radius 1 is 1.24 bits per heavy atom. The van der Waals surface area contributed by atoms with Gasteiger partial charge in [-0.1, -0.05) is 39.3 Å². The van der Waals surface area contributed by atoms with Gasteiger partial charge in [0.25, 0.3) is 0 Å². The maximum Gasteiger partial charge on any atom is 0.335 e. The molecule has 2 aliphatic rings. The zero-order valence-corrected chi connectivity index (χ0v) is 20.3. The second-order valence-electron chi connectivity index (χ2n) is 11.0. The van der Waals surface area contributed by atoms with Gasteiger partial charge in [0.2, 0.25) is 0 Å². The van der Waals surface area contributed by atoms with Gasteiger partial charge in [0.05, 0.1) is 12.7 Å². The molecule has 1 atom stereocenters. The van der Waals surface area contributed by atoms with Gasteiger partial charge in [-0.15, -0.1) is 0 Å². The molecule has 1 saturated heterocycles. The molecule has 3 aromatic rings. The second-order valence-corrected chi connectivity index (χ2v) is 11.0. The van der Waals surface area contributed by atoms with Gasteiger partial charge >= 0.3 is 5.97 Å². The number of carboxylic acids is 1. The van der Waals surface area contributed by atoms with Gasteiger partial charge in [-0.2, -0.15) is 0 Å². The van der Waals surface area contributed by atoms with Crippen molar-refractivity contribution in [1.29, 1.82) is 0 Å². The number of nitrogens with zero attached hydrogens (tertiary/aromatic N) is 1. The number of carboxylic acid groups (broad SMARTS) is 1. The van der Waals surface area contributed by atoms with Crippen molar-refractivity contribution in [2.24, 2.45) is 5.41 Å². The Balaban J connectivity index is 1.56. The Morgan fingerprint density at radius 3 is 2.61 bits per heavy atom. The quantitative estimate of drug-likeness (QED) is 0.489. The lowest BCUT2D eigenvalue weighted by Gasteiger charge is -2.63. The molecule has 1 spiro atoms. The van der Waals surface area contributed by atoms with Gasteiger partial charge in [-0.05, 0) is 60.1 Å². The number of benzene rings is 2. The van der Waals surface area contributed by atoms with Crippen molar-refractivity contribution >= 4 is 16.9 Å². The number of aromatic nitrogens is 1. The van der Waals surface area contributed by atoms with Crippen molar-refractivity contribution in [3.63, 3.8) is 0 Å². The normalized spacial score (nSPS) is 20.0. The number of carbonyl (C=O) groups is 1. The Morgan fingerprint density at radius 2 is 2.00 bits per heavy atom. The number of aromatic amines is 1. The molecule has 0 radical (unpaired) electrons. The van der Waals surface area contributed by atoms with Crippen molar-refractivity contribution in [3.8, 4) is 5.75 Å². The Kier molecular flexibility index (Phi) is 5.09. The molecule has 5 heteroatoms. The Labute approximate surface area is 195 Å². The fraction of sp³-hybridized carbons (Fsp3) is 0.464. The van der Waals surface area contributed by atoms with E-state index in [1.54, 1.807) is 7.11 Å². The van der Waals surface area contributed by atoms with Crippen LogP contribution in [0.2, 0.25) is 0 Å². The van der Waals surface area contributed by atoms with Crippen LogP contribution >= 0.6 is 0 Å². The lowest BCUT2D eigenvalue weighted by atomic mass is 9.56. The van der Waals surface area contributed by atoms with Crippen molar-refractivity contribution in [2.75, 3.05) is 13.7 Å². The Hall–Kier alpha value is -2.79. The number of rotatable bonds is 5. The van der Waals surface area contributed by atoms with Crippen molar-refractivity contribution in [3.05, 3.63) is 64.3 Å². The summed E-state index contributed by atoms with van der Waals surface area (Å²) in [6.45, 7) is 10.3. The highest BCUT2D eigenvalue weighted by molar-refractivity contribution is 5.90. The number of aryl methyl sites for hydroxylation is 1. The van der Waals surface area contributed by atoms with E-state index in [9.17, 15) is 9.90 Å². The molecule has 0 amide bonds. The average Bonchev–Trinajstić information content (AvgIpc) is 3.20. The largest absolute Gasteiger partial charge is 0.496 e. The van der Waals surface area contributed by atoms with Gasteiger partial charge in [-0.25, -0.2) is 4.79 Å². The first-order valence-corrected chi connectivity index (χ1v) is 11.9. The number of likely N-dealkylation sites (tertiary alicyclic amines) is 1. The van der Waals surface area contributed by atoms with Crippen LogP contribution in [-0.4, -0.2) is 34.6 Å². The summed E-state index contributed by atoms with van der Waals surface area (Å²) in [7, 11) is 1.75. The molecule has 1 unspecified atom stereocenters. The van der Waals surface area contributed by atoms with E-state index in [4.69, 9.17) is 4.74 Å². The van der Waals surface area contributed by atoms with Gasteiger partial charge < -0.3 is 14.8 Å². The highest BCUT2D eigenvalue weighted by Crippen LogP contribution is 2.61. The lowest BCUT2D eigenvalue weighted by Crippen LogP contribution is -2.61. The molecule has 1 aliphatic carbocycles. The number of fused-ring (bicyclic) bond motifs is 1. The van der Waals surface area contributed by atoms with Crippen molar-refractivity contribution < 1.29 is 14.6 Å². The molecule has 5 rings (SSSR count). The highest BCUT2D eigenvalue weighted by atomic mass is 16.5. The minimum absolute atomic E-state index is 0.234. The maximum absolute atomic E-state index is 11.9. The number of hydrogen-bond acceptors (Lipinski definition) is 3. The minimum Gasteiger partial charge on any atom is -0.496 e. The van der Waals surface area contributed by atoms with Crippen LogP contribution in [0.5, 0.6) is 5.75 Å². The van der Waals surface area contributed by atoms with E-state index < -0.39 is 5.97 Å². The van der Waals surface area contributed by atoms with E-state index in [-0.39, 0.29) is 5.41 Å². The van der Waals surface area contributed by atoms with Gasteiger partial charge in [-0.3, -0.25) is 4.90 Å². The maximum atomic E-state index is 11.9.